The molecule has 2 aromatic rings. The number of hydrogen-bond donors (Lipinski definition) is 0. The van der Waals surface area contributed by atoms with Gasteiger partial charge in [0.2, 0.25) is 0 Å². The number of rotatable bonds is 1. The Morgan fingerprint density at radius 2 is 1.62 bits per heavy atom. The Labute approximate surface area is 175 Å². The highest BCUT2D eigenvalue weighted by Crippen LogP contribution is 2.31. The van der Waals surface area contributed by atoms with E-state index in [0.29, 0.717) is 0 Å². The molecule has 0 spiro atoms. The molecule has 149 valence electrons. The quantitative estimate of drug-likeness (QED) is 0.476. The zero-order valence-corrected chi connectivity index (χ0v) is 19.2. The van der Waals surface area contributed by atoms with Gasteiger partial charge in [-0.3, -0.25) is 0 Å². The van der Waals surface area contributed by atoms with Gasteiger partial charge in [-0.1, -0.05) is 77.5 Å². The fraction of sp³-hybridized carbons (Fsp3) is 0.379. The normalized spacial score (nSPS) is 15.1. The van der Waals surface area contributed by atoms with E-state index < -0.39 is 0 Å². The Morgan fingerprint density at radius 1 is 0.897 bits per heavy atom. The molecule has 0 atom stereocenters. The molecule has 2 aliphatic rings. The molecule has 0 heteroatoms. The predicted molar refractivity (Wildman–Crippen MR) is 126 cm³/mol. The van der Waals surface area contributed by atoms with Gasteiger partial charge in [-0.25, -0.2) is 0 Å². The van der Waals surface area contributed by atoms with Crippen LogP contribution in [0.4, 0.5) is 0 Å². The SMILES string of the molecule is CC(C)=c1c(C(C)(C)C)cc2c(c1C1=CC=CC1)[C]=c1ccc(C(C)(C)C)cc1=2. The zero-order valence-electron chi connectivity index (χ0n) is 19.2. The molecule has 0 saturated heterocycles. The summed E-state index contributed by atoms with van der Waals surface area (Å²) < 4.78 is 0. The van der Waals surface area contributed by atoms with Gasteiger partial charge >= 0.3 is 0 Å². The van der Waals surface area contributed by atoms with Gasteiger partial charge in [-0.05, 0) is 98.0 Å². The van der Waals surface area contributed by atoms with Crippen molar-refractivity contribution < 1.29 is 0 Å². The molecule has 2 aliphatic carbocycles. The van der Waals surface area contributed by atoms with Crippen LogP contribution in [-0.2, 0) is 10.8 Å². The number of benzene rings is 2. The second-order valence-electron chi connectivity index (χ2n) is 10.8. The molecule has 0 aromatic heterocycles. The van der Waals surface area contributed by atoms with Gasteiger partial charge in [-0.2, -0.15) is 0 Å². The Bertz CT molecular complexity index is 1280. The van der Waals surface area contributed by atoms with E-state index in [1.807, 2.05) is 0 Å². The lowest BCUT2D eigenvalue weighted by atomic mass is 9.80. The molecule has 1 radical (unpaired) electrons. The lowest BCUT2D eigenvalue weighted by Crippen LogP contribution is -2.27. The van der Waals surface area contributed by atoms with E-state index in [4.69, 9.17) is 0 Å². The number of hydrogen-bond acceptors (Lipinski definition) is 0. The summed E-state index contributed by atoms with van der Waals surface area (Å²) in [4.78, 5) is 0. The summed E-state index contributed by atoms with van der Waals surface area (Å²) in [5, 5.41) is 5.34. The fourth-order valence-electron chi connectivity index (χ4n) is 4.57. The minimum absolute atomic E-state index is 0.0768. The molecule has 0 aliphatic heterocycles. The van der Waals surface area contributed by atoms with Gasteiger partial charge in [-0.15, -0.1) is 0 Å². The summed E-state index contributed by atoms with van der Waals surface area (Å²) in [6.07, 6.45) is 11.5. The van der Waals surface area contributed by atoms with E-state index >= 15 is 0 Å². The van der Waals surface area contributed by atoms with Crippen LogP contribution in [0, 0.1) is 10.4 Å². The molecule has 0 heterocycles. The smallest absolute Gasteiger partial charge is 0.000730 e. The second kappa shape index (κ2) is 6.59. The molecule has 0 amide bonds. The van der Waals surface area contributed by atoms with Crippen LogP contribution in [0.3, 0.4) is 0 Å². The number of allylic oxidation sites excluding steroid dienone is 4. The molecule has 0 bridgehead atoms. The third-order valence-corrected chi connectivity index (χ3v) is 6.16. The molecule has 0 fully saturated rings. The predicted octanol–water partition coefficient (Wildman–Crippen LogP) is 6.12. The van der Waals surface area contributed by atoms with Crippen LogP contribution < -0.4 is 10.4 Å². The first-order valence-corrected chi connectivity index (χ1v) is 10.8. The van der Waals surface area contributed by atoms with Crippen molar-refractivity contribution in [3.05, 3.63) is 85.6 Å². The van der Waals surface area contributed by atoms with Crippen LogP contribution in [0.15, 0.2) is 42.5 Å². The van der Waals surface area contributed by atoms with Crippen LogP contribution in [0.2, 0.25) is 0 Å². The van der Waals surface area contributed by atoms with Gasteiger partial charge in [0.25, 0.3) is 0 Å². The largest absolute Gasteiger partial charge is 0.0801 e. The van der Waals surface area contributed by atoms with E-state index in [1.54, 1.807) is 0 Å². The van der Waals surface area contributed by atoms with Crippen molar-refractivity contribution in [2.45, 2.75) is 72.6 Å². The molecular weight excluding hydrogens is 348 g/mol. The summed E-state index contributed by atoms with van der Waals surface area (Å²) in [6.45, 7) is 18.4. The molecule has 0 N–H and O–H groups in total. The maximum Gasteiger partial charge on any atom is -0.000730 e. The van der Waals surface area contributed by atoms with Crippen molar-refractivity contribution in [1.82, 2.24) is 0 Å². The average Bonchev–Trinajstić information content (AvgIpc) is 3.25. The number of fused-ring (bicyclic) bond motifs is 2. The van der Waals surface area contributed by atoms with Gasteiger partial charge < -0.3 is 0 Å². The molecule has 2 aromatic carbocycles. The summed E-state index contributed by atoms with van der Waals surface area (Å²) in [7, 11) is 0. The second-order valence-corrected chi connectivity index (χ2v) is 10.8. The third kappa shape index (κ3) is 3.33. The van der Waals surface area contributed by atoms with Crippen molar-refractivity contribution in [3.8, 4) is 0 Å². The highest BCUT2D eigenvalue weighted by molar-refractivity contribution is 5.81. The van der Waals surface area contributed by atoms with Crippen LogP contribution in [0.1, 0.15) is 84.1 Å². The Morgan fingerprint density at radius 3 is 2.17 bits per heavy atom. The maximum atomic E-state index is 3.79. The lowest BCUT2D eigenvalue weighted by molar-refractivity contribution is 0.584. The Balaban J connectivity index is 2.25. The van der Waals surface area contributed by atoms with Crippen molar-refractivity contribution >= 4 is 17.2 Å². The van der Waals surface area contributed by atoms with Gasteiger partial charge in [0.1, 0.15) is 0 Å². The summed E-state index contributed by atoms with van der Waals surface area (Å²) in [5.41, 5.74) is 8.51. The first kappa shape index (κ1) is 20.0. The molecule has 0 saturated carbocycles. The van der Waals surface area contributed by atoms with Crippen LogP contribution >= 0.6 is 0 Å². The highest BCUT2D eigenvalue weighted by atomic mass is 14.3. The Hall–Kier alpha value is -2.34. The van der Waals surface area contributed by atoms with Crippen molar-refractivity contribution in [1.29, 1.82) is 0 Å². The molecule has 4 rings (SSSR count). The van der Waals surface area contributed by atoms with Gasteiger partial charge in [0.15, 0.2) is 0 Å². The van der Waals surface area contributed by atoms with Crippen molar-refractivity contribution in [2.24, 2.45) is 0 Å². The van der Waals surface area contributed by atoms with Crippen LogP contribution in [0.5, 0.6) is 0 Å². The molecule has 0 unspecified atom stereocenters. The Kier molecular flexibility index (Phi) is 4.53. The van der Waals surface area contributed by atoms with E-state index in [9.17, 15) is 0 Å². The van der Waals surface area contributed by atoms with E-state index in [0.717, 1.165) is 6.42 Å². The van der Waals surface area contributed by atoms with Crippen molar-refractivity contribution in [3.63, 3.8) is 0 Å². The van der Waals surface area contributed by atoms with E-state index in [-0.39, 0.29) is 10.8 Å². The first-order valence-electron chi connectivity index (χ1n) is 10.8. The topological polar surface area (TPSA) is 0 Å². The minimum Gasteiger partial charge on any atom is -0.0801 e. The summed E-state index contributed by atoms with van der Waals surface area (Å²) >= 11 is 0. The summed E-state index contributed by atoms with van der Waals surface area (Å²) in [6, 6.07) is 9.39. The highest BCUT2D eigenvalue weighted by Gasteiger charge is 2.24. The van der Waals surface area contributed by atoms with Crippen LogP contribution in [-0.4, -0.2) is 0 Å². The molecule has 29 heavy (non-hydrogen) atoms. The lowest BCUT2D eigenvalue weighted by Gasteiger charge is -2.24. The van der Waals surface area contributed by atoms with Gasteiger partial charge in [0.05, 0.1) is 0 Å². The van der Waals surface area contributed by atoms with Crippen LogP contribution in [0.25, 0.3) is 17.2 Å². The summed E-state index contributed by atoms with van der Waals surface area (Å²) in [5.74, 6) is 0. The standard InChI is InChI=1S/C29H33/c1-18(2)26-25(29(6,7)8)17-23-22-16-21(28(3,4)5)14-13-20(22)15-24(23)27(26)19-11-9-10-12-19/h9-11,13-14,16-17H,12H2,1-8H3. The van der Waals surface area contributed by atoms with E-state index in [1.165, 1.54) is 54.3 Å². The first-order chi connectivity index (χ1) is 13.5. The third-order valence-electron chi connectivity index (χ3n) is 6.16. The van der Waals surface area contributed by atoms with Crippen molar-refractivity contribution in [2.75, 3.05) is 0 Å². The van der Waals surface area contributed by atoms with E-state index in [2.05, 4.69) is 104 Å². The average molecular weight is 382 g/mol. The monoisotopic (exact) mass is 381 g/mol. The maximum absolute atomic E-state index is 3.79. The molecule has 0 nitrogen and oxygen atoms in total. The van der Waals surface area contributed by atoms with Gasteiger partial charge in [0, 0.05) is 0 Å². The minimum atomic E-state index is 0.0768. The fourth-order valence-corrected chi connectivity index (χ4v) is 4.57. The molecular formula is C29H33. The zero-order chi connectivity index (χ0) is 21.1.